The largest absolute Gasteiger partial charge is 0.306 e. The van der Waals surface area contributed by atoms with Gasteiger partial charge in [-0.15, -0.1) is 0 Å². The minimum atomic E-state index is -1.33. The van der Waals surface area contributed by atoms with E-state index in [0.29, 0.717) is 23.1 Å². The molecule has 4 atom stereocenters. The van der Waals surface area contributed by atoms with Crippen LogP contribution in [-0.4, -0.2) is 46.8 Å². The fraction of sp³-hybridized carbons (Fsp3) is 0.316. The number of amides is 2. The zero-order valence-electron chi connectivity index (χ0n) is 25.4. The predicted octanol–water partition coefficient (Wildman–Crippen LogP) is 7.12. The number of hydrogen-bond acceptors (Lipinski definition) is 4. The van der Waals surface area contributed by atoms with Crippen LogP contribution in [0, 0.1) is 0 Å². The van der Waals surface area contributed by atoms with Gasteiger partial charge in [0.2, 0.25) is 0 Å². The maximum Gasteiger partial charge on any atom is 0.255 e. The number of carbonyl (C=O) groups excluding carboxylic acids is 2. The molecule has 0 unspecified atom stereocenters. The van der Waals surface area contributed by atoms with Crippen LogP contribution in [0.3, 0.4) is 0 Å². The number of anilines is 2. The summed E-state index contributed by atoms with van der Waals surface area (Å²) in [6, 6.07) is 32.1. The average Bonchev–Trinajstić information content (AvgIpc) is 3.84. The average molecular weight is 650 g/mol. The van der Waals surface area contributed by atoms with Gasteiger partial charge in [0, 0.05) is 57.7 Å². The molecule has 0 N–H and O–H groups in total. The summed E-state index contributed by atoms with van der Waals surface area (Å²) in [6.07, 6.45) is 3.93. The molecule has 0 saturated carbocycles. The van der Waals surface area contributed by atoms with E-state index < -0.39 is 11.1 Å². The van der Waals surface area contributed by atoms with Gasteiger partial charge in [0.25, 0.3) is 11.8 Å². The highest BCUT2D eigenvalue weighted by atomic mass is 35.5. The van der Waals surface area contributed by atoms with Crippen LogP contribution >= 0.6 is 23.2 Å². The van der Waals surface area contributed by atoms with Gasteiger partial charge in [-0.05, 0) is 73.2 Å². The Morgan fingerprint density at radius 3 is 1.41 bits per heavy atom. The monoisotopic (exact) mass is 648 g/mol. The van der Waals surface area contributed by atoms with Gasteiger partial charge in [-0.25, -0.2) is 0 Å². The number of piperazine rings is 1. The molecule has 0 radical (unpaired) electrons. The van der Waals surface area contributed by atoms with Crippen LogP contribution in [0.2, 0.25) is 10.0 Å². The molecule has 4 aromatic carbocycles. The van der Waals surface area contributed by atoms with Gasteiger partial charge in [-0.1, -0.05) is 83.9 Å². The van der Waals surface area contributed by atoms with Crippen LogP contribution in [0.5, 0.6) is 0 Å². The van der Waals surface area contributed by atoms with E-state index in [0.717, 1.165) is 72.4 Å². The van der Waals surface area contributed by atoms with Crippen LogP contribution in [0.4, 0.5) is 11.4 Å². The molecule has 5 aliphatic heterocycles. The van der Waals surface area contributed by atoms with Crippen LogP contribution in [0.1, 0.15) is 47.9 Å². The van der Waals surface area contributed by atoms with Gasteiger partial charge in [0.15, 0.2) is 11.1 Å². The zero-order chi connectivity index (χ0) is 31.2. The van der Waals surface area contributed by atoms with Gasteiger partial charge in [-0.2, -0.15) is 0 Å². The molecule has 0 aromatic heterocycles. The predicted molar refractivity (Wildman–Crippen MR) is 181 cm³/mol. The van der Waals surface area contributed by atoms with E-state index in [2.05, 4.69) is 34.1 Å². The summed E-state index contributed by atoms with van der Waals surface area (Å²) in [6.45, 7) is 2.27. The highest BCUT2D eigenvalue weighted by Gasteiger charge is 2.80. The molecular formula is C38H34Cl2N4O2. The number of halogens is 2. The summed E-state index contributed by atoms with van der Waals surface area (Å²) < 4.78 is 0. The van der Waals surface area contributed by atoms with Crippen molar-refractivity contribution in [1.82, 2.24) is 9.80 Å². The normalized spacial score (nSPS) is 28.3. The van der Waals surface area contributed by atoms with E-state index >= 15 is 9.59 Å². The number of rotatable bonds is 4. The quantitative estimate of drug-likeness (QED) is 0.236. The Bertz CT molecular complexity index is 1750. The van der Waals surface area contributed by atoms with Gasteiger partial charge in [-0.3, -0.25) is 19.4 Å². The van der Waals surface area contributed by atoms with Crippen molar-refractivity contribution in [2.24, 2.45) is 0 Å². The maximum atomic E-state index is 15.9. The van der Waals surface area contributed by atoms with Gasteiger partial charge < -0.3 is 9.80 Å². The topological polar surface area (TPSA) is 47.1 Å². The van der Waals surface area contributed by atoms with Crippen molar-refractivity contribution in [2.75, 3.05) is 22.9 Å². The lowest BCUT2D eigenvalue weighted by Crippen LogP contribution is -2.80. The van der Waals surface area contributed by atoms with Crippen molar-refractivity contribution in [2.45, 2.75) is 61.9 Å². The van der Waals surface area contributed by atoms with Crippen LogP contribution < -0.4 is 9.80 Å². The third-order valence-electron chi connectivity index (χ3n) is 11.2. The first kappa shape index (κ1) is 28.5. The first-order valence-electron chi connectivity index (χ1n) is 16.3. The van der Waals surface area contributed by atoms with Gasteiger partial charge in [0.1, 0.15) is 0 Å². The minimum Gasteiger partial charge on any atom is -0.306 e. The number of benzene rings is 4. The Morgan fingerprint density at radius 2 is 1.00 bits per heavy atom. The molecule has 0 bridgehead atoms. The van der Waals surface area contributed by atoms with E-state index in [1.165, 1.54) is 0 Å². The molecule has 6 nitrogen and oxygen atoms in total. The van der Waals surface area contributed by atoms with Gasteiger partial charge in [0.05, 0.1) is 13.1 Å². The van der Waals surface area contributed by atoms with E-state index in [1.807, 2.05) is 82.6 Å². The molecular weight excluding hydrogens is 615 g/mol. The molecule has 2 spiro atoms. The maximum absolute atomic E-state index is 15.9. The smallest absolute Gasteiger partial charge is 0.255 e. The van der Waals surface area contributed by atoms with Crippen LogP contribution in [0.15, 0.2) is 97.1 Å². The standard InChI is InChI=1S/C38H34Cl2N4O2/c39-27-15-17-31-29(21-27)37(35(45)41(31)23-25-9-3-1-4-10-25)38(44-20-8-14-34(44)33-13-7-19-43(33)37)30-22-28(40)16-18-32(30)42(36(38)46)24-26-11-5-2-6-12-26/h1-6,9-12,15-18,21-22,33-34H,7-8,13-14,19-20,23-24H2/t33-,34-,37-,38-/m0/s1. The number of carbonyl (C=O) groups is 2. The fourth-order valence-corrected chi connectivity index (χ4v) is 9.98. The Hall–Kier alpha value is -3.68. The Kier molecular flexibility index (Phi) is 6.46. The van der Waals surface area contributed by atoms with Crippen LogP contribution in [-0.2, 0) is 33.8 Å². The van der Waals surface area contributed by atoms with E-state index in [1.54, 1.807) is 0 Å². The Balaban J connectivity index is 1.35. The Morgan fingerprint density at radius 1 is 0.587 bits per heavy atom. The van der Waals surface area contributed by atoms with E-state index in [9.17, 15) is 0 Å². The molecule has 46 heavy (non-hydrogen) atoms. The van der Waals surface area contributed by atoms with Gasteiger partial charge >= 0.3 is 0 Å². The third-order valence-corrected chi connectivity index (χ3v) is 11.7. The van der Waals surface area contributed by atoms with Crippen LogP contribution in [0.25, 0.3) is 0 Å². The van der Waals surface area contributed by atoms with Crippen molar-refractivity contribution < 1.29 is 9.59 Å². The summed E-state index contributed by atoms with van der Waals surface area (Å²) >= 11 is 13.7. The molecule has 4 aromatic rings. The second-order valence-electron chi connectivity index (χ2n) is 13.3. The lowest BCUT2D eigenvalue weighted by atomic mass is 9.64. The lowest BCUT2D eigenvalue weighted by Gasteiger charge is -2.61. The highest BCUT2D eigenvalue weighted by Crippen LogP contribution is 2.67. The summed E-state index contributed by atoms with van der Waals surface area (Å²) in [5.41, 5.74) is 2.68. The Labute approximate surface area is 279 Å². The van der Waals surface area contributed by atoms with Crippen molar-refractivity contribution >= 4 is 46.4 Å². The number of fused-ring (bicyclic) bond motifs is 10. The SMILES string of the molecule is O=C1N(Cc2ccccc2)c2ccc(Cl)cc2[C@]12N1CCC[C@H]1[C@@H]1CCCN1[C@@]21C(=O)N(Cc2ccccc2)c2ccc(Cl)cc21. The zero-order valence-corrected chi connectivity index (χ0v) is 26.9. The molecule has 3 fully saturated rings. The first-order valence-corrected chi connectivity index (χ1v) is 17.1. The van der Waals surface area contributed by atoms with Crippen molar-refractivity contribution in [3.63, 3.8) is 0 Å². The van der Waals surface area contributed by atoms with E-state index in [-0.39, 0.29) is 23.9 Å². The third kappa shape index (κ3) is 3.61. The van der Waals surface area contributed by atoms with Crippen molar-refractivity contribution in [1.29, 1.82) is 0 Å². The highest BCUT2D eigenvalue weighted by molar-refractivity contribution is 6.32. The summed E-state index contributed by atoms with van der Waals surface area (Å²) in [7, 11) is 0. The molecule has 5 heterocycles. The van der Waals surface area contributed by atoms with E-state index in [4.69, 9.17) is 23.2 Å². The van der Waals surface area contributed by atoms with Crippen molar-refractivity contribution in [3.8, 4) is 0 Å². The summed E-state index contributed by atoms with van der Waals surface area (Å²) in [4.78, 5) is 40.4. The second kappa shape index (κ2) is 10.4. The summed E-state index contributed by atoms with van der Waals surface area (Å²) in [5.74, 6) is -0.126. The first-order chi connectivity index (χ1) is 22.5. The molecule has 8 heteroatoms. The molecule has 0 aliphatic carbocycles. The fourth-order valence-electron chi connectivity index (χ4n) is 9.64. The molecule has 9 rings (SSSR count). The molecule has 232 valence electrons. The molecule has 5 aliphatic rings. The van der Waals surface area contributed by atoms with Crippen molar-refractivity contribution in [3.05, 3.63) is 129 Å². The molecule has 2 amide bonds. The molecule has 3 saturated heterocycles. The second-order valence-corrected chi connectivity index (χ2v) is 14.2. The number of hydrogen-bond donors (Lipinski definition) is 0. The number of nitrogens with zero attached hydrogens (tertiary/aromatic N) is 4. The lowest BCUT2D eigenvalue weighted by molar-refractivity contribution is -0.180. The summed E-state index contributed by atoms with van der Waals surface area (Å²) in [5, 5.41) is 1.11. The minimum absolute atomic E-state index is 0.0632.